The first-order valence-electron chi connectivity index (χ1n) is 7.82. The molecule has 0 saturated carbocycles. The standard InChI is InChI=1S/C17H24N4O2/c1-4-5-14-10-16(21(3)20-14)19-17(23)18-11-15(22)13-8-6-12(2)7-9-13/h6-10,15,22H,4-5,11H2,1-3H3,(H2,18,19,23). The molecule has 0 radical (unpaired) electrons. The number of hydrogen-bond acceptors (Lipinski definition) is 3. The quantitative estimate of drug-likeness (QED) is 0.766. The summed E-state index contributed by atoms with van der Waals surface area (Å²) in [5, 5.41) is 19.8. The smallest absolute Gasteiger partial charge is 0.320 e. The molecule has 0 bridgehead atoms. The van der Waals surface area contributed by atoms with Crippen molar-refractivity contribution in [3.05, 3.63) is 47.2 Å². The Hall–Kier alpha value is -2.34. The highest BCUT2D eigenvalue weighted by molar-refractivity contribution is 5.88. The van der Waals surface area contributed by atoms with Crippen LogP contribution in [0.3, 0.4) is 0 Å². The SMILES string of the molecule is CCCc1cc(NC(=O)NCC(O)c2ccc(C)cc2)n(C)n1. The molecule has 2 rings (SSSR count). The predicted molar refractivity (Wildman–Crippen MR) is 90.4 cm³/mol. The van der Waals surface area contributed by atoms with Crippen molar-refractivity contribution in [2.24, 2.45) is 7.05 Å². The van der Waals surface area contributed by atoms with Crippen LogP contribution >= 0.6 is 0 Å². The number of aliphatic hydroxyl groups excluding tert-OH is 1. The van der Waals surface area contributed by atoms with E-state index in [-0.39, 0.29) is 12.6 Å². The summed E-state index contributed by atoms with van der Waals surface area (Å²) in [6, 6.07) is 9.09. The molecule has 0 saturated heterocycles. The van der Waals surface area contributed by atoms with Gasteiger partial charge in [0.15, 0.2) is 0 Å². The van der Waals surface area contributed by atoms with E-state index < -0.39 is 6.10 Å². The number of carbonyl (C=O) groups is 1. The first-order valence-corrected chi connectivity index (χ1v) is 7.82. The molecule has 1 atom stereocenters. The zero-order chi connectivity index (χ0) is 16.8. The summed E-state index contributed by atoms with van der Waals surface area (Å²) >= 11 is 0. The molecule has 0 spiro atoms. The molecule has 1 aromatic carbocycles. The average molecular weight is 316 g/mol. The Morgan fingerprint density at radius 2 is 2.04 bits per heavy atom. The number of nitrogens with one attached hydrogen (secondary N) is 2. The van der Waals surface area contributed by atoms with E-state index in [1.807, 2.05) is 37.3 Å². The van der Waals surface area contributed by atoms with E-state index in [0.29, 0.717) is 5.82 Å². The summed E-state index contributed by atoms with van der Waals surface area (Å²) in [5.74, 6) is 0.635. The molecule has 0 aliphatic rings. The molecule has 1 heterocycles. The minimum atomic E-state index is -0.733. The van der Waals surface area contributed by atoms with Gasteiger partial charge >= 0.3 is 6.03 Å². The molecule has 23 heavy (non-hydrogen) atoms. The summed E-state index contributed by atoms with van der Waals surface area (Å²) in [4.78, 5) is 11.9. The molecule has 0 aliphatic heterocycles. The normalized spacial score (nSPS) is 12.0. The highest BCUT2D eigenvalue weighted by Gasteiger charge is 2.11. The summed E-state index contributed by atoms with van der Waals surface area (Å²) in [6.45, 7) is 4.22. The molecule has 0 aliphatic carbocycles. The lowest BCUT2D eigenvalue weighted by Gasteiger charge is -2.13. The van der Waals surface area contributed by atoms with Gasteiger partial charge in [-0.15, -0.1) is 0 Å². The van der Waals surface area contributed by atoms with Crippen LogP contribution in [-0.2, 0) is 13.5 Å². The maximum absolute atomic E-state index is 11.9. The Kier molecular flexibility index (Phi) is 5.76. The number of nitrogens with zero attached hydrogens (tertiary/aromatic N) is 2. The second kappa shape index (κ2) is 7.78. The number of hydrogen-bond donors (Lipinski definition) is 3. The van der Waals surface area contributed by atoms with Crippen molar-refractivity contribution < 1.29 is 9.90 Å². The second-order valence-corrected chi connectivity index (χ2v) is 5.66. The molecule has 1 aromatic heterocycles. The third kappa shape index (κ3) is 4.82. The van der Waals surface area contributed by atoms with Gasteiger partial charge in [-0.1, -0.05) is 43.2 Å². The van der Waals surface area contributed by atoms with Crippen LogP contribution in [0.4, 0.5) is 10.6 Å². The molecule has 2 aromatic rings. The molecule has 1 unspecified atom stereocenters. The van der Waals surface area contributed by atoms with E-state index in [1.54, 1.807) is 11.7 Å². The molecule has 6 nitrogen and oxygen atoms in total. The van der Waals surface area contributed by atoms with Gasteiger partial charge in [0.05, 0.1) is 11.8 Å². The maximum Gasteiger partial charge on any atom is 0.320 e. The summed E-state index contributed by atoms with van der Waals surface area (Å²) in [5.41, 5.74) is 2.86. The van der Waals surface area contributed by atoms with Crippen LogP contribution in [0.15, 0.2) is 30.3 Å². The molecule has 0 fully saturated rings. The number of carbonyl (C=O) groups excluding carboxylic acids is 1. The molecule has 124 valence electrons. The van der Waals surface area contributed by atoms with Gasteiger partial charge in [0.25, 0.3) is 0 Å². The highest BCUT2D eigenvalue weighted by atomic mass is 16.3. The lowest BCUT2D eigenvalue weighted by Crippen LogP contribution is -2.33. The monoisotopic (exact) mass is 316 g/mol. The van der Waals surface area contributed by atoms with Gasteiger partial charge in [0, 0.05) is 19.7 Å². The molecule has 6 heteroatoms. The van der Waals surface area contributed by atoms with Crippen molar-refractivity contribution in [3.63, 3.8) is 0 Å². The Morgan fingerprint density at radius 3 is 2.70 bits per heavy atom. The van der Waals surface area contributed by atoms with Crippen LogP contribution in [0.2, 0.25) is 0 Å². The van der Waals surface area contributed by atoms with E-state index in [1.165, 1.54) is 0 Å². The number of benzene rings is 1. The Bertz CT molecular complexity index is 649. The van der Waals surface area contributed by atoms with Gasteiger partial charge in [-0.3, -0.25) is 10.00 Å². The van der Waals surface area contributed by atoms with Crippen LogP contribution in [0.5, 0.6) is 0 Å². The number of amides is 2. The number of aromatic nitrogens is 2. The largest absolute Gasteiger partial charge is 0.387 e. The molecular formula is C17H24N4O2. The van der Waals surface area contributed by atoms with Crippen molar-refractivity contribution in [2.75, 3.05) is 11.9 Å². The number of urea groups is 1. The Balaban J connectivity index is 1.86. The zero-order valence-corrected chi connectivity index (χ0v) is 13.8. The lowest BCUT2D eigenvalue weighted by atomic mass is 10.1. The minimum Gasteiger partial charge on any atom is -0.387 e. The zero-order valence-electron chi connectivity index (χ0n) is 13.8. The number of aliphatic hydroxyl groups is 1. The minimum absolute atomic E-state index is 0.147. The van der Waals surface area contributed by atoms with E-state index in [2.05, 4.69) is 22.7 Å². The van der Waals surface area contributed by atoms with Gasteiger partial charge in [-0.05, 0) is 18.9 Å². The van der Waals surface area contributed by atoms with Crippen LogP contribution in [-0.4, -0.2) is 27.5 Å². The van der Waals surface area contributed by atoms with Crippen LogP contribution in [0.1, 0.15) is 36.3 Å². The number of anilines is 1. The van der Waals surface area contributed by atoms with E-state index in [4.69, 9.17) is 0 Å². The van der Waals surface area contributed by atoms with Gasteiger partial charge < -0.3 is 10.4 Å². The number of rotatable bonds is 6. The fourth-order valence-corrected chi connectivity index (χ4v) is 2.28. The maximum atomic E-state index is 11.9. The van der Waals surface area contributed by atoms with E-state index in [9.17, 15) is 9.90 Å². The summed E-state index contributed by atoms with van der Waals surface area (Å²) < 4.78 is 1.64. The summed E-state index contributed by atoms with van der Waals surface area (Å²) in [6.07, 6.45) is 1.15. The first kappa shape index (κ1) is 17.0. The van der Waals surface area contributed by atoms with Gasteiger partial charge in [-0.25, -0.2) is 4.79 Å². The van der Waals surface area contributed by atoms with Gasteiger partial charge in [-0.2, -0.15) is 5.10 Å². The Labute approximate surface area is 136 Å². The third-order valence-corrected chi connectivity index (χ3v) is 3.60. The van der Waals surface area contributed by atoms with Crippen molar-refractivity contribution in [1.29, 1.82) is 0 Å². The number of aryl methyl sites for hydroxylation is 3. The van der Waals surface area contributed by atoms with Crippen LogP contribution in [0, 0.1) is 6.92 Å². The molecule has 2 amide bonds. The molecule has 3 N–H and O–H groups in total. The predicted octanol–water partition coefficient (Wildman–Crippen LogP) is 2.54. The molecular weight excluding hydrogens is 292 g/mol. The van der Waals surface area contributed by atoms with Crippen LogP contribution < -0.4 is 10.6 Å². The lowest BCUT2D eigenvalue weighted by molar-refractivity contribution is 0.175. The average Bonchev–Trinajstić information content (AvgIpc) is 2.85. The van der Waals surface area contributed by atoms with Crippen molar-refractivity contribution in [3.8, 4) is 0 Å². The van der Waals surface area contributed by atoms with Crippen LogP contribution in [0.25, 0.3) is 0 Å². The fourth-order valence-electron chi connectivity index (χ4n) is 2.28. The summed E-state index contributed by atoms with van der Waals surface area (Å²) in [7, 11) is 1.79. The first-order chi connectivity index (χ1) is 11.0. The van der Waals surface area contributed by atoms with E-state index in [0.717, 1.165) is 29.7 Å². The fraction of sp³-hybridized carbons (Fsp3) is 0.412. The Morgan fingerprint density at radius 1 is 1.35 bits per heavy atom. The second-order valence-electron chi connectivity index (χ2n) is 5.66. The topological polar surface area (TPSA) is 79.2 Å². The van der Waals surface area contributed by atoms with Gasteiger partial charge in [0.2, 0.25) is 0 Å². The van der Waals surface area contributed by atoms with Crippen molar-refractivity contribution in [2.45, 2.75) is 32.8 Å². The van der Waals surface area contributed by atoms with Gasteiger partial charge in [0.1, 0.15) is 5.82 Å². The van der Waals surface area contributed by atoms with Crippen molar-refractivity contribution >= 4 is 11.8 Å². The third-order valence-electron chi connectivity index (χ3n) is 3.60. The van der Waals surface area contributed by atoms with E-state index >= 15 is 0 Å². The van der Waals surface area contributed by atoms with Crippen molar-refractivity contribution in [1.82, 2.24) is 15.1 Å². The highest BCUT2D eigenvalue weighted by Crippen LogP contribution is 2.13.